The Morgan fingerprint density at radius 3 is 1.62 bits per heavy atom. The van der Waals surface area contributed by atoms with E-state index in [4.69, 9.17) is 23.7 Å². The molecule has 0 atom stereocenters. The summed E-state index contributed by atoms with van der Waals surface area (Å²) in [5.41, 5.74) is 3.98. The Kier molecular flexibility index (Phi) is 16.7. The molecule has 0 bridgehead atoms. The standard InChI is InChI=1S/C27H35N3O6S.C22H25N3O5S/c1-4-7-13-30-27(31)25(26(37(30,32)33)20-11-9-8-10-12-20)28-21-18-24(36-6-3)22(19-23(21)35-5-2)29-14-16-34-17-15-29;1-29-14-13-25-22(26)20(21(31(25,27)28)17-5-3-2-4-6-17)23-18-7-9-19(10-8-18)24-11-15-30-16-12-24/h8-12,18-19,28H,4-7,13-17H2,1-3H3;2-10,23H,11-16H2,1H3. The predicted molar refractivity (Wildman–Crippen MR) is 263 cm³/mol. The molecule has 0 aliphatic carbocycles. The second-order valence-electron chi connectivity index (χ2n) is 15.9. The Hall–Kier alpha value is -6.12. The van der Waals surface area contributed by atoms with Gasteiger partial charge in [-0.1, -0.05) is 74.0 Å². The number of nitrogens with zero attached hydrogens (tertiary/aromatic N) is 4. The molecule has 364 valence electrons. The molecule has 4 aliphatic heterocycles. The zero-order chi connectivity index (χ0) is 48.3. The second-order valence-corrected chi connectivity index (χ2v) is 19.5. The minimum atomic E-state index is -4.04. The number of carbonyl (C=O) groups excluding carboxylic acids is 2. The third kappa shape index (κ3) is 10.9. The summed E-state index contributed by atoms with van der Waals surface area (Å²) in [7, 11) is -6.57. The van der Waals surface area contributed by atoms with Crippen LogP contribution in [-0.2, 0) is 43.8 Å². The van der Waals surface area contributed by atoms with Gasteiger partial charge in [0.1, 0.15) is 32.7 Å². The van der Waals surface area contributed by atoms with Crippen molar-refractivity contribution in [2.24, 2.45) is 0 Å². The molecule has 4 aromatic rings. The van der Waals surface area contributed by atoms with Crippen molar-refractivity contribution in [3.05, 3.63) is 120 Å². The van der Waals surface area contributed by atoms with Gasteiger partial charge in [0.25, 0.3) is 31.9 Å². The van der Waals surface area contributed by atoms with E-state index in [1.807, 2.05) is 51.1 Å². The smallest absolute Gasteiger partial charge is 0.285 e. The number of rotatable bonds is 18. The van der Waals surface area contributed by atoms with E-state index in [2.05, 4.69) is 20.4 Å². The van der Waals surface area contributed by atoms with Gasteiger partial charge in [-0.15, -0.1) is 0 Å². The lowest BCUT2D eigenvalue weighted by Gasteiger charge is -2.31. The lowest BCUT2D eigenvalue weighted by molar-refractivity contribution is -0.123. The van der Waals surface area contributed by atoms with E-state index in [1.54, 1.807) is 66.7 Å². The summed E-state index contributed by atoms with van der Waals surface area (Å²) >= 11 is 0. The number of sulfonamides is 2. The van der Waals surface area contributed by atoms with Crippen molar-refractivity contribution in [2.45, 2.75) is 33.6 Å². The van der Waals surface area contributed by atoms with Crippen LogP contribution in [0.3, 0.4) is 0 Å². The fourth-order valence-corrected chi connectivity index (χ4v) is 11.6. The van der Waals surface area contributed by atoms with Crippen LogP contribution in [0, 0.1) is 0 Å². The number of hydrogen-bond acceptors (Lipinski definition) is 15. The summed E-state index contributed by atoms with van der Waals surface area (Å²) in [4.78, 5) is 31.0. The SMILES string of the molecule is CCCCN1C(=O)C(Nc2cc(OCC)c(N3CCOCC3)cc2OCC)=C(c2ccccc2)S1(=O)=O.COCCN1C(=O)C(Nc2ccc(N3CCOCC3)cc2)=C(c2ccccc2)S1(=O)=O. The van der Waals surface area contributed by atoms with Gasteiger partial charge in [0, 0.05) is 63.3 Å². The largest absolute Gasteiger partial charge is 0.492 e. The summed E-state index contributed by atoms with van der Waals surface area (Å²) < 4.78 is 83.2. The van der Waals surface area contributed by atoms with Gasteiger partial charge in [-0.3, -0.25) is 9.59 Å². The Balaban J connectivity index is 0.000000204. The van der Waals surface area contributed by atoms with Crippen molar-refractivity contribution in [3.8, 4) is 11.5 Å². The van der Waals surface area contributed by atoms with Crippen LogP contribution >= 0.6 is 0 Å². The van der Waals surface area contributed by atoms with Crippen molar-refractivity contribution >= 4 is 64.4 Å². The van der Waals surface area contributed by atoms with Crippen LogP contribution in [0.1, 0.15) is 44.7 Å². The molecule has 68 heavy (non-hydrogen) atoms. The number of benzene rings is 4. The van der Waals surface area contributed by atoms with Crippen LogP contribution in [0.2, 0.25) is 0 Å². The fraction of sp³-hybridized carbons (Fsp3) is 0.388. The predicted octanol–water partition coefficient (Wildman–Crippen LogP) is 6.20. The zero-order valence-corrected chi connectivity index (χ0v) is 40.6. The third-order valence-corrected chi connectivity index (χ3v) is 15.3. The topological polar surface area (TPSA) is 186 Å². The molecule has 4 aromatic carbocycles. The Morgan fingerprint density at radius 1 is 0.603 bits per heavy atom. The van der Waals surface area contributed by atoms with Gasteiger partial charge in [0.2, 0.25) is 0 Å². The van der Waals surface area contributed by atoms with Gasteiger partial charge in [-0.25, -0.2) is 25.4 Å². The van der Waals surface area contributed by atoms with Crippen molar-refractivity contribution in [1.82, 2.24) is 8.61 Å². The highest BCUT2D eigenvalue weighted by Gasteiger charge is 2.46. The number of morpholine rings is 2. The van der Waals surface area contributed by atoms with Crippen molar-refractivity contribution in [3.63, 3.8) is 0 Å². The van der Waals surface area contributed by atoms with E-state index < -0.39 is 31.9 Å². The number of carbonyl (C=O) groups is 2. The maximum absolute atomic E-state index is 13.6. The Labute approximate surface area is 399 Å². The lowest BCUT2D eigenvalue weighted by atomic mass is 10.1. The molecular formula is C49H60N6O11S2. The molecule has 0 saturated carbocycles. The van der Waals surface area contributed by atoms with E-state index >= 15 is 0 Å². The fourth-order valence-electron chi connectivity index (χ4n) is 8.15. The molecule has 0 aromatic heterocycles. The third-order valence-electron chi connectivity index (χ3n) is 11.5. The quantitative estimate of drug-likeness (QED) is 0.115. The zero-order valence-electron chi connectivity index (χ0n) is 38.9. The molecule has 8 rings (SSSR count). The number of unbranched alkanes of at least 4 members (excludes halogenated alkanes) is 1. The average molecular weight is 973 g/mol. The number of methoxy groups -OCH3 is 1. The first-order valence-corrected chi connectivity index (χ1v) is 25.8. The molecule has 2 saturated heterocycles. The van der Waals surface area contributed by atoms with Crippen LogP contribution in [-0.4, -0.2) is 130 Å². The number of ether oxygens (including phenoxy) is 5. The van der Waals surface area contributed by atoms with Crippen LogP contribution < -0.4 is 29.9 Å². The molecule has 0 unspecified atom stereocenters. The van der Waals surface area contributed by atoms with Crippen LogP contribution in [0.5, 0.6) is 11.5 Å². The van der Waals surface area contributed by atoms with Crippen LogP contribution in [0.4, 0.5) is 22.7 Å². The first-order chi connectivity index (χ1) is 32.9. The molecule has 0 radical (unpaired) electrons. The first kappa shape index (κ1) is 49.8. The number of anilines is 4. The van der Waals surface area contributed by atoms with E-state index in [0.29, 0.717) is 93.2 Å². The number of hydrogen-bond donors (Lipinski definition) is 2. The molecule has 19 heteroatoms. The van der Waals surface area contributed by atoms with Crippen molar-refractivity contribution in [2.75, 3.05) is 113 Å². The lowest BCUT2D eigenvalue weighted by Crippen LogP contribution is -2.36. The summed E-state index contributed by atoms with van der Waals surface area (Å²) in [6.45, 7) is 12.4. The highest BCUT2D eigenvalue weighted by Crippen LogP contribution is 2.43. The van der Waals surface area contributed by atoms with Gasteiger partial charge in [0.05, 0.1) is 64.2 Å². The van der Waals surface area contributed by atoms with Gasteiger partial charge in [-0.2, -0.15) is 0 Å². The Bertz CT molecular complexity index is 2670. The highest BCUT2D eigenvalue weighted by molar-refractivity contribution is 8.00. The molecule has 2 fully saturated rings. The maximum Gasteiger partial charge on any atom is 0.285 e. The van der Waals surface area contributed by atoms with Crippen LogP contribution in [0.15, 0.2) is 108 Å². The minimum absolute atomic E-state index is 0.00447. The molecule has 0 spiro atoms. The van der Waals surface area contributed by atoms with E-state index in [0.717, 1.165) is 39.5 Å². The summed E-state index contributed by atoms with van der Waals surface area (Å²) in [5, 5.41) is 6.20. The molecule has 2 amide bonds. The van der Waals surface area contributed by atoms with Gasteiger partial charge < -0.3 is 44.1 Å². The minimum Gasteiger partial charge on any atom is -0.492 e. The molecule has 2 N–H and O–H groups in total. The van der Waals surface area contributed by atoms with Crippen molar-refractivity contribution < 1.29 is 50.1 Å². The summed E-state index contributed by atoms with van der Waals surface area (Å²) in [6.07, 6.45) is 1.34. The second kappa shape index (κ2) is 22.8. The van der Waals surface area contributed by atoms with Crippen molar-refractivity contribution in [1.29, 1.82) is 0 Å². The molecular weight excluding hydrogens is 913 g/mol. The average Bonchev–Trinajstić information content (AvgIpc) is 3.66. The normalized spacial score (nSPS) is 17.9. The molecule has 4 aliphatic rings. The number of amides is 2. The highest BCUT2D eigenvalue weighted by atomic mass is 32.2. The molecule has 17 nitrogen and oxygen atoms in total. The van der Waals surface area contributed by atoms with E-state index in [1.165, 1.54) is 7.11 Å². The summed E-state index contributed by atoms with van der Waals surface area (Å²) in [5.74, 6) is -0.0453. The monoisotopic (exact) mass is 972 g/mol. The van der Waals surface area contributed by atoms with Gasteiger partial charge >= 0.3 is 0 Å². The van der Waals surface area contributed by atoms with E-state index in [-0.39, 0.29) is 40.9 Å². The Morgan fingerprint density at radius 2 is 1.10 bits per heavy atom. The number of nitrogens with one attached hydrogen (secondary N) is 2. The first-order valence-electron chi connectivity index (χ1n) is 22.9. The maximum atomic E-state index is 13.6. The van der Waals surface area contributed by atoms with E-state index in [9.17, 15) is 26.4 Å². The van der Waals surface area contributed by atoms with Gasteiger partial charge in [0.15, 0.2) is 0 Å². The summed E-state index contributed by atoms with van der Waals surface area (Å²) in [6, 6.07) is 28.6. The van der Waals surface area contributed by atoms with Crippen LogP contribution in [0.25, 0.3) is 9.81 Å². The van der Waals surface area contributed by atoms with Gasteiger partial charge in [-0.05, 0) is 55.7 Å². The molecule has 4 heterocycles.